The molecule has 90 valence electrons. The van der Waals surface area contributed by atoms with Crippen LogP contribution in [0, 0.1) is 0 Å². The van der Waals surface area contributed by atoms with Crippen molar-refractivity contribution < 1.29 is 14.5 Å². The van der Waals surface area contributed by atoms with E-state index in [1.54, 1.807) is 0 Å². The van der Waals surface area contributed by atoms with Gasteiger partial charge in [0.1, 0.15) is 0 Å². The minimum Gasteiger partial charge on any atom is -0.307 e. The molecule has 1 fully saturated rings. The van der Waals surface area contributed by atoms with Crippen LogP contribution in [-0.4, -0.2) is 6.29 Å². The Kier molecular flexibility index (Phi) is 2.08. The second-order valence-electron chi connectivity index (χ2n) is 4.57. The summed E-state index contributed by atoms with van der Waals surface area (Å²) in [7, 11) is 0. The number of ether oxygens (including phenoxy) is 1. The zero-order chi connectivity index (χ0) is 12.0. The zero-order valence-corrected chi connectivity index (χ0v) is 9.71. The van der Waals surface area contributed by atoms with Crippen molar-refractivity contribution in [1.29, 1.82) is 0 Å². The predicted molar refractivity (Wildman–Crippen MR) is 64.4 cm³/mol. The van der Waals surface area contributed by atoms with Gasteiger partial charge in [-0.25, -0.2) is 4.89 Å². The van der Waals surface area contributed by atoms with Gasteiger partial charge in [0.25, 0.3) is 5.79 Å². The van der Waals surface area contributed by atoms with Crippen molar-refractivity contribution in [2.24, 2.45) is 0 Å². The van der Waals surface area contributed by atoms with Crippen LogP contribution >= 0.6 is 0 Å². The van der Waals surface area contributed by atoms with Crippen molar-refractivity contribution in [3.05, 3.63) is 71.3 Å². The summed E-state index contributed by atoms with van der Waals surface area (Å²) >= 11 is 0. The Labute approximate surface area is 105 Å². The first-order valence-electron chi connectivity index (χ1n) is 6.05. The van der Waals surface area contributed by atoms with E-state index >= 15 is 0 Å². The van der Waals surface area contributed by atoms with Crippen LogP contribution in [0.15, 0.2) is 54.6 Å². The maximum atomic E-state index is 5.95. The standard InChI is InChI=1S/C15H12O3/c1-2-7-12(8-3-1)15-13-9-5-4-6-11(13)10-14(16-15)17-18-15/h1-9,14H,10H2. The van der Waals surface area contributed by atoms with Gasteiger partial charge < -0.3 is 4.74 Å². The summed E-state index contributed by atoms with van der Waals surface area (Å²) in [6, 6.07) is 18.1. The van der Waals surface area contributed by atoms with Gasteiger partial charge in [-0.2, -0.15) is 4.89 Å². The molecule has 2 bridgehead atoms. The van der Waals surface area contributed by atoms with Crippen LogP contribution in [0.25, 0.3) is 0 Å². The van der Waals surface area contributed by atoms with E-state index in [2.05, 4.69) is 6.07 Å². The van der Waals surface area contributed by atoms with Crippen molar-refractivity contribution in [2.75, 3.05) is 0 Å². The third-order valence-corrected chi connectivity index (χ3v) is 3.48. The lowest BCUT2D eigenvalue weighted by molar-refractivity contribution is -0.320. The quantitative estimate of drug-likeness (QED) is 0.717. The van der Waals surface area contributed by atoms with Crippen LogP contribution in [-0.2, 0) is 26.7 Å². The molecule has 0 aliphatic carbocycles. The van der Waals surface area contributed by atoms with Gasteiger partial charge in [-0.05, 0) is 5.56 Å². The fourth-order valence-electron chi connectivity index (χ4n) is 2.66. The minimum atomic E-state index is -0.902. The number of benzene rings is 2. The molecule has 3 heteroatoms. The van der Waals surface area contributed by atoms with E-state index < -0.39 is 5.79 Å². The molecule has 2 unspecified atom stereocenters. The third kappa shape index (κ3) is 1.29. The van der Waals surface area contributed by atoms with Crippen molar-refractivity contribution in [2.45, 2.75) is 18.5 Å². The first kappa shape index (κ1) is 10.3. The average molecular weight is 240 g/mol. The van der Waals surface area contributed by atoms with Gasteiger partial charge in [0.2, 0.25) is 0 Å². The third-order valence-electron chi connectivity index (χ3n) is 3.48. The number of hydrogen-bond donors (Lipinski definition) is 0. The molecule has 18 heavy (non-hydrogen) atoms. The molecule has 0 radical (unpaired) electrons. The van der Waals surface area contributed by atoms with E-state index in [1.165, 1.54) is 5.56 Å². The maximum Gasteiger partial charge on any atom is 0.256 e. The summed E-state index contributed by atoms with van der Waals surface area (Å²) in [5.41, 5.74) is 3.21. The first-order valence-corrected chi connectivity index (χ1v) is 6.05. The lowest BCUT2D eigenvalue weighted by atomic mass is 9.90. The topological polar surface area (TPSA) is 27.7 Å². The molecule has 0 saturated carbocycles. The van der Waals surface area contributed by atoms with E-state index in [-0.39, 0.29) is 6.29 Å². The van der Waals surface area contributed by atoms with Gasteiger partial charge in [0.15, 0.2) is 6.29 Å². The van der Waals surface area contributed by atoms with Crippen LogP contribution in [0.1, 0.15) is 16.7 Å². The SMILES string of the molecule is c1ccc(C23OOC(Cc4ccccc42)O3)cc1. The Bertz CT molecular complexity index is 581. The zero-order valence-electron chi connectivity index (χ0n) is 9.71. The van der Waals surface area contributed by atoms with Crippen LogP contribution < -0.4 is 0 Å². The van der Waals surface area contributed by atoms with Crippen LogP contribution in [0.4, 0.5) is 0 Å². The number of hydrogen-bond acceptors (Lipinski definition) is 3. The monoisotopic (exact) mass is 240 g/mol. The highest BCUT2D eigenvalue weighted by Gasteiger charge is 2.51. The van der Waals surface area contributed by atoms with Crippen LogP contribution in [0.3, 0.4) is 0 Å². The van der Waals surface area contributed by atoms with Gasteiger partial charge in [0, 0.05) is 17.5 Å². The van der Waals surface area contributed by atoms with Gasteiger partial charge in [-0.1, -0.05) is 54.6 Å². The van der Waals surface area contributed by atoms with Gasteiger partial charge in [-0.15, -0.1) is 0 Å². The molecule has 0 aromatic heterocycles. The second kappa shape index (κ2) is 3.65. The van der Waals surface area contributed by atoms with Crippen molar-refractivity contribution >= 4 is 0 Å². The Hall–Kier alpha value is -1.68. The number of rotatable bonds is 1. The van der Waals surface area contributed by atoms with Gasteiger partial charge in [0.05, 0.1) is 0 Å². The van der Waals surface area contributed by atoms with Crippen molar-refractivity contribution in [3.8, 4) is 0 Å². The average Bonchev–Trinajstić information content (AvgIpc) is 2.80. The van der Waals surface area contributed by atoms with Crippen molar-refractivity contribution in [1.82, 2.24) is 0 Å². The molecule has 2 aromatic rings. The van der Waals surface area contributed by atoms with E-state index in [1.807, 2.05) is 48.5 Å². The molecule has 0 spiro atoms. The van der Waals surface area contributed by atoms with E-state index in [0.717, 1.165) is 17.5 Å². The first-order chi connectivity index (χ1) is 8.88. The highest BCUT2D eigenvalue weighted by Crippen LogP contribution is 2.46. The summed E-state index contributed by atoms with van der Waals surface area (Å²) in [6.45, 7) is 0. The molecule has 2 aromatic carbocycles. The normalized spacial score (nSPS) is 29.0. The molecule has 1 saturated heterocycles. The van der Waals surface area contributed by atoms with Gasteiger partial charge >= 0.3 is 0 Å². The largest absolute Gasteiger partial charge is 0.307 e. The predicted octanol–water partition coefficient (Wildman–Crippen LogP) is 2.75. The highest BCUT2D eigenvalue weighted by atomic mass is 17.3. The number of fused-ring (bicyclic) bond motifs is 4. The molecule has 0 N–H and O–H groups in total. The molecule has 0 amide bonds. The summed E-state index contributed by atoms with van der Waals surface area (Å²) in [5.74, 6) is -0.902. The van der Waals surface area contributed by atoms with Crippen molar-refractivity contribution in [3.63, 3.8) is 0 Å². The van der Waals surface area contributed by atoms with E-state index in [4.69, 9.17) is 14.5 Å². The minimum absolute atomic E-state index is 0.319. The van der Waals surface area contributed by atoms with Crippen LogP contribution in [0.2, 0.25) is 0 Å². The molecule has 2 atom stereocenters. The molecule has 2 aliphatic rings. The lowest BCUT2D eigenvalue weighted by Crippen LogP contribution is -2.34. The summed E-state index contributed by atoms with van der Waals surface area (Å²) in [5, 5.41) is 0. The van der Waals surface area contributed by atoms with E-state index in [0.29, 0.717) is 0 Å². The summed E-state index contributed by atoms with van der Waals surface area (Å²) < 4.78 is 5.95. The Morgan fingerprint density at radius 2 is 1.72 bits per heavy atom. The molecule has 3 nitrogen and oxygen atoms in total. The molecular weight excluding hydrogens is 228 g/mol. The fourth-order valence-corrected chi connectivity index (χ4v) is 2.66. The fraction of sp³-hybridized carbons (Fsp3) is 0.200. The molecular formula is C15H12O3. The molecule has 2 heterocycles. The Morgan fingerprint density at radius 1 is 0.944 bits per heavy atom. The van der Waals surface area contributed by atoms with E-state index in [9.17, 15) is 0 Å². The molecule has 2 aliphatic heterocycles. The van der Waals surface area contributed by atoms with Crippen LogP contribution in [0.5, 0.6) is 0 Å². The summed E-state index contributed by atoms with van der Waals surface area (Å²) in [6.07, 6.45) is 0.408. The Morgan fingerprint density at radius 3 is 2.61 bits per heavy atom. The summed E-state index contributed by atoms with van der Waals surface area (Å²) in [4.78, 5) is 10.8. The second-order valence-corrected chi connectivity index (χ2v) is 4.57. The van der Waals surface area contributed by atoms with Gasteiger partial charge in [-0.3, -0.25) is 0 Å². The Balaban J connectivity index is 1.95. The maximum absolute atomic E-state index is 5.95. The smallest absolute Gasteiger partial charge is 0.256 e. The molecule has 4 rings (SSSR count). The lowest BCUT2D eigenvalue weighted by Gasteiger charge is -2.31. The highest BCUT2D eigenvalue weighted by molar-refractivity contribution is 5.41.